The van der Waals surface area contributed by atoms with Gasteiger partial charge in [-0.05, 0) is 42.1 Å². The standard InChI is InChI=1S/C18H25NS/c1-6-19-17(14-10-8-7-9-13(14)2)15-11-12-16(20-15)18(3,4)5/h7-12,17,19H,6H2,1-5H3. The summed E-state index contributed by atoms with van der Waals surface area (Å²) in [5, 5.41) is 3.63. The Balaban J connectivity index is 2.39. The van der Waals surface area contributed by atoms with Gasteiger partial charge in [0.25, 0.3) is 0 Å². The zero-order valence-electron chi connectivity index (χ0n) is 13.2. The summed E-state index contributed by atoms with van der Waals surface area (Å²) in [6.07, 6.45) is 0. The third kappa shape index (κ3) is 3.31. The molecule has 2 aromatic rings. The highest BCUT2D eigenvalue weighted by Gasteiger charge is 2.21. The van der Waals surface area contributed by atoms with E-state index in [0.717, 1.165) is 6.54 Å². The van der Waals surface area contributed by atoms with Crippen LogP contribution in [-0.4, -0.2) is 6.54 Å². The second-order valence-electron chi connectivity index (χ2n) is 6.30. The van der Waals surface area contributed by atoms with E-state index in [4.69, 9.17) is 0 Å². The molecule has 0 aliphatic rings. The fourth-order valence-corrected chi connectivity index (χ4v) is 3.55. The van der Waals surface area contributed by atoms with Crippen LogP contribution in [0.5, 0.6) is 0 Å². The van der Waals surface area contributed by atoms with Crippen LogP contribution in [0.3, 0.4) is 0 Å². The molecule has 2 heteroatoms. The van der Waals surface area contributed by atoms with Crippen molar-refractivity contribution in [1.82, 2.24) is 5.32 Å². The minimum atomic E-state index is 0.228. The average Bonchev–Trinajstić information content (AvgIpc) is 2.86. The summed E-state index contributed by atoms with van der Waals surface area (Å²) >= 11 is 1.93. The van der Waals surface area contributed by atoms with Crippen molar-refractivity contribution in [2.75, 3.05) is 6.54 Å². The van der Waals surface area contributed by atoms with Crippen molar-refractivity contribution in [1.29, 1.82) is 0 Å². The van der Waals surface area contributed by atoms with E-state index in [9.17, 15) is 0 Å². The third-order valence-corrected chi connectivity index (χ3v) is 5.13. The van der Waals surface area contributed by atoms with Gasteiger partial charge in [0.05, 0.1) is 6.04 Å². The van der Waals surface area contributed by atoms with Crippen LogP contribution in [0, 0.1) is 6.92 Å². The van der Waals surface area contributed by atoms with Gasteiger partial charge in [-0.25, -0.2) is 0 Å². The largest absolute Gasteiger partial charge is 0.306 e. The summed E-state index contributed by atoms with van der Waals surface area (Å²) in [7, 11) is 0. The SMILES string of the molecule is CCNC(c1ccc(C(C)(C)C)s1)c1ccccc1C. The molecule has 108 valence electrons. The number of nitrogens with one attached hydrogen (secondary N) is 1. The highest BCUT2D eigenvalue weighted by Crippen LogP contribution is 2.35. The lowest BCUT2D eigenvalue weighted by Crippen LogP contribution is -2.21. The van der Waals surface area contributed by atoms with Crippen LogP contribution >= 0.6 is 11.3 Å². The maximum Gasteiger partial charge on any atom is 0.0673 e. The Morgan fingerprint density at radius 3 is 2.35 bits per heavy atom. The third-order valence-electron chi connectivity index (χ3n) is 3.56. The number of aryl methyl sites for hydroxylation is 1. The molecule has 1 unspecified atom stereocenters. The quantitative estimate of drug-likeness (QED) is 0.829. The first-order valence-electron chi connectivity index (χ1n) is 7.32. The van der Waals surface area contributed by atoms with Crippen molar-refractivity contribution < 1.29 is 0 Å². The van der Waals surface area contributed by atoms with E-state index in [-0.39, 0.29) is 5.41 Å². The monoisotopic (exact) mass is 287 g/mol. The van der Waals surface area contributed by atoms with E-state index in [1.54, 1.807) is 0 Å². The molecule has 0 aliphatic carbocycles. The van der Waals surface area contributed by atoms with Crippen LogP contribution < -0.4 is 5.32 Å². The molecular weight excluding hydrogens is 262 g/mol. The molecule has 1 aromatic heterocycles. The van der Waals surface area contributed by atoms with Gasteiger partial charge in [0.2, 0.25) is 0 Å². The molecule has 1 atom stereocenters. The van der Waals surface area contributed by atoms with Gasteiger partial charge in [-0.3, -0.25) is 0 Å². The maximum atomic E-state index is 3.63. The summed E-state index contributed by atoms with van der Waals surface area (Å²) in [5.74, 6) is 0. The molecule has 20 heavy (non-hydrogen) atoms. The molecule has 1 aromatic carbocycles. The summed E-state index contributed by atoms with van der Waals surface area (Å²) in [6, 6.07) is 13.5. The van der Waals surface area contributed by atoms with E-state index in [0.29, 0.717) is 6.04 Å². The van der Waals surface area contributed by atoms with E-state index in [1.807, 2.05) is 11.3 Å². The fraction of sp³-hybridized carbons (Fsp3) is 0.444. The topological polar surface area (TPSA) is 12.0 Å². The number of thiophene rings is 1. The van der Waals surface area contributed by atoms with Gasteiger partial charge in [0, 0.05) is 9.75 Å². The molecule has 0 aliphatic heterocycles. The molecule has 0 spiro atoms. The molecule has 0 saturated heterocycles. The smallest absolute Gasteiger partial charge is 0.0673 e. The molecule has 0 amide bonds. The first-order chi connectivity index (χ1) is 9.43. The maximum absolute atomic E-state index is 3.63. The summed E-state index contributed by atoms with van der Waals surface area (Å²) in [5.41, 5.74) is 2.96. The first kappa shape index (κ1) is 15.3. The van der Waals surface area contributed by atoms with Crippen LogP contribution in [0.15, 0.2) is 36.4 Å². The zero-order chi connectivity index (χ0) is 14.8. The zero-order valence-corrected chi connectivity index (χ0v) is 14.0. The van der Waals surface area contributed by atoms with E-state index in [2.05, 4.69) is 76.3 Å². The highest BCUT2D eigenvalue weighted by molar-refractivity contribution is 7.12. The molecular formula is C18H25NS. The van der Waals surface area contributed by atoms with Crippen LogP contribution in [0.25, 0.3) is 0 Å². The Morgan fingerprint density at radius 1 is 1.10 bits per heavy atom. The number of hydrogen-bond acceptors (Lipinski definition) is 2. The van der Waals surface area contributed by atoms with Crippen molar-refractivity contribution >= 4 is 11.3 Å². The summed E-state index contributed by atoms with van der Waals surface area (Å²) in [6.45, 7) is 12.2. The van der Waals surface area contributed by atoms with Crippen LogP contribution in [0.2, 0.25) is 0 Å². The van der Waals surface area contributed by atoms with E-state index >= 15 is 0 Å². The Hall–Kier alpha value is -1.12. The van der Waals surface area contributed by atoms with Crippen molar-refractivity contribution in [2.45, 2.75) is 46.1 Å². The van der Waals surface area contributed by atoms with Gasteiger partial charge in [0.15, 0.2) is 0 Å². The molecule has 1 nitrogen and oxygen atoms in total. The molecule has 2 rings (SSSR count). The van der Waals surface area contributed by atoms with Crippen molar-refractivity contribution in [2.24, 2.45) is 0 Å². The van der Waals surface area contributed by atoms with Gasteiger partial charge >= 0.3 is 0 Å². The second kappa shape index (κ2) is 6.11. The van der Waals surface area contributed by atoms with E-state index < -0.39 is 0 Å². The van der Waals surface area contributed by atoms with Crippen molar-refractivity contribution in [3.05, 3.63) is 57.3 Å². The van der Waals surface area contributed by atoms with Crippen LogP contribution in [0.1, 0.15) is 54.6 Å². The lowest BCUT2D eigenvalue weighted by molar-refractivity contribution is 0.604. The highest BCUT2D eigenvalue weighted by atomic mass is 32.1. The fourth-order valence-electron chi connectivity index (χ4n) is 2.39. The second-order valence-corrected chi connectivity index (χ2v) is 7.41. The predicted octanol–water partition coefficient (Wildman–Crippen LogP) is 5.05. The van der Waals surface area contributed by atoms with Crippen LogP contribution in [0.4, 0.5) is 0 Å². The van der Waals surface area contributed by atoms with Gasteiger partial charge in [-0.2, -0.15) is 0 Å². The summed E-state index contributed by atoms with van der Waals surface area (Å²) < 4.78 is 0. The minimum absolute atomic E-state index is 0.228. The van der Waals surface area contributed by atoms with Gasteiger partial charge < -0.3 is 5.32 Å². The van der Waals surface area contributed by atoms with Gasteiger partial charge in [-0.1, -0.05) is 52.0 Å². The Bertz CT molecular complexity index is 563. The number of benzene rings is 1. The lowest BCUT2D eigenvalue weighted by Gasteiger charge is -2.20. The first-order valence-corrected chi connectivity index (χ1v) is 8.14. The molecule has 0 saturated carbocycles. The Kier molecular flexibility index (Phi) is 4.66. The van der Waals surface area contributed by atoms with Crippen LogP contribution in [-0.2, 0) is 5.41 Å². The van der Waals surface area contributed by atoms with E-state index in [1.165, 1.54) is 20.9 Å². The lowest BCUT2D eigenvalue weighted by atomic mass is 9.95. The molecule has 0 bridgehead atoms. The van der Waals surface area contributed by atoms with Crippen molar-refractivity contribution in [3.8, 4) is 0 Å². The average molecular weight is 287 g/mol. The molecule has 0 fully saturated rings. The molecule has 0 radical (unpaired) electrons. The molecule has 1 heterocycles. The number of hydrogen-bond donors (Lipinski definition) is 1. The predicted molar refractivity (Wildman–Crippen MR) is 89.7 cm³/mol. The Morgan fingerprint density at radius 2 is 1.80 bits per heavy atom. The minimum Gasteiger partial charge on any atom is -0.306 e. The Labute approximate surface area is 127 Å². The molecule has 1 N–H and O–H groups in total. The normalized spacial score (nSPS) is 13.4. The van der Waals surface area contributed by atoms with Gasteiger partial charge in [0.1, 0.15) is 0 Å². The summed E-state index contributed by atoms with van der Waals surface area (Å²) in [4.78, 5) is 2.86. The van der Waals surface area contributed by atoms with Crippen molar-refractivity contribution in [3.63, 3.8) is 0 Å². The van der Waals surface area contributed by atoms with Gasteiger partial charge in [-0.15, -0.1) is 11.3 Å². The number of rotatable bonds is 4.